The molecule has 0 aliphatic carbocycles. The van der Waals surface area contributed by atoms with E-state index in [1.165, 1.54) is 44.8 Å². The Morgan fingerprint density at radius 1 is 0.455 bits per heavy atom. The molecule has 4 nitrogen and oxygen atoms in total. The first-order valence-electron chi connectivity index (χ1n) is 15.2. The fourth-order valence-electron chi connectivity index (χ4n) is 6.23. The maximum Gasteiger partial charge on any atom is 0.164 e. The van der Waals surface area contributed by atoms with Crippen molar-refractivity contribution in [3.8, 4) is 34.2 Å². The van der Waals surface area contributed by atoms with Crippen molar-refractivity contribution in [1.29, 1.82) is 0 Å². The van der Waals surface area contributed by atoms with Crippen molar-refractivity contribution in [3.63, 3.8) is 0 Å². The van der Waals surface area contributed by atoms with Crippen LogP contribution in [-0.2, 0) is 5.41 Å². The predicted molar refractivity (Wildman–Crippen MR) is 182 cm³/mol. The van der Waals surface area contributed by atoms with Gasteiger partial charge in [0.25, 0.3) is 0 Å². The second-order valence-electron chi connectivity index (χ2n) is 12.4. The van der Waals surface area contributed by atoms with Crippen LogP contribution in [-0.4, -0.2) is 15.0 Å². The van der Waals surface area contributed by atoms with Gasteiger partial charge in [0, 0.05) is 27.8 Å². The van der Waals surface area contributed by atoms with Crippen molar-refractivity contribution < 1.29 is 0 Å². The lowest BCUT2D eigenvalue weighted by molar-refractivity contribution is 0.632. The van der Waals surface area contributed by atoms with Gasteiger partial charge in [0.05, 0.1) is 11.4 Å². The molecule has 1 aliphatic rings. The molecule has 0 fully saturated rings. The molecule has 0 atom stereocenters. The van der Waals surface area contributed by atoms with Crippen LogP contribution < -0.4 is 4.90 Å². The summed E-state index contributed by atoms with van der Waals surface area (Å²) >= 11 is 0. The summed E-state index contributed by atoms with van der Waals surface area (Å²) in [5, 5.41) is 0. The zero-order valence-electron chi connectivity index (χ0n) is 26.2. The van der Waals surface area contributed by atoms with Crippen molar-refractivity contribution in [2.45, 2.75) is 47.0 Å². The van der Waals surface area contributed by atoms with E-state index in [0.29, 0.717) is 17.5 Å². The molecule has 0 saturated heterocycles. The van der Waals surface area contributed by atoms with E-state index < -0.39 is 0 Å². The average molecular weight is 573 g/mol. The van der Waals surface area contributed by atoms with Crippen LogP contribution in [0, 0.1) is 27.7 Å². The highest BCUT2D eigenvalue weighted by Gasteiger charge is 2.36. The summed E-state index contributed by atoms with van der Waals surface area (Å²) in [6.07, 6.45) is 0. The van der Waals surface area contributed by atoms with Gasteiger partial charge in [-0.2, -0.15) is 0 Å². The Bertz CT molecular complexity index is 1920. The van der Waals surface area contributed by atoms with Crippen molar-refractivity contribution in [2.24, 2.45) is 0 Å². The quantitative estimate of drug-likeness (QED) is 0.211. The van der Waals surface area contributed by atoms with Gasteiger partial charge in [-0.1, -0.05) is 74.5 Å². The number of fused-ring (bicyclic) bond motifs is 2. The minimum atomic E-state index is -0.0933. The number of hydrogen-bond donors (Lipinski definition) is 0. The lowest BCUT2D eigenvalue weighted by Crippen LogP contribution is -2.30. The Morgan fingerprint density at radius 3 is 1.32 bits per heavy atom. The van der Waals surface area contributed by atoms with Gasteiger partial charge < -0.3 is 4.90 Å². The molecule has 44 heavy (non-hydrogen) atoms. The van der Waals surface area contributed by atoms with Gasteiger partial charge in [0.15, 0.2) is 17.5 Å². The van der Waals surface area contributed by atoms with E-state index >= 15 is 0 Å². The summed E-state index contributed by atoms with van der Waals surface area (Å²) in [4.78, 5) is 17.3. The Hall–Kier alpha value is -5.09. The highest BCUT2D eigenvalue weighted by atomic mass is 15.2. The Morgan fingerprint density at radius 2 is 0.864 bits per heavy atom. The molecule has 0 unspecified atom stereocenters. The third-order valence-electron chi connectivity index (χ3n) is 9.19. The number of aromatic nitrogens is 3. The summed E-state index contributed by atoms with van der Waals surface area (Å²) in [5.74, 6) is 2.02. The standard InChI is InChI=1S/C40H36N4/c1-25-15-17-30(23-27(25)3)38-41-37(42-39(43-38)31-18-16-26(2)28(4)24-31)29-19-21-32(22-20-29)44-35-13-9-7-11-33(35)40(5,6)34-12-8-10-14-36(34)44/h7-24H,1-6H3. The number of para-hydroxylation sites is 2. The van der Waals surface area contributed by atoms with Gasteiger partial charge in [-0.15, -0.1) is 0 Å². The van der Waals surface area contributed by atoms with E-state index in [-0.39, 0.29) is 5.41 Å². The Balaban J connectivity index is 1.35. The fraction of sp³-hybridized carbons (Fsp3) is 0.175. The number of rotatable bonds is 4. The van der Waals surface area contributed by atoms with Crippen LogP contribution in [0.15, 0.2) is 109 Å². The van der Waals surface area contributed by atoms with Crippen molar-refractivity contribution in [3.05, 3.63) is 143 Å². The molecule has 7 rings (SSSR count). The zero-order chi connectivity index (χ0) is 30.6. The first kappa shape index (κ1) is 27.7. The Kier molecular flexibility index (Phi) is 6.66. The molecular formula is C40H36N4. The molecule has 0 spiro atoms. The smallest absolute Gasteiger partial charge is 0.164 e. The maximum absolute atomic E-state index is 5.01. The topological polar surface area (TPSA) is 41.9 Å². The minimum Gasteiger partial charge on any atom is -0.310 e. The van der Waals surface area contributed by atoms with Crippen LogP contribution in [0.25, 0.3) is 34.2 Å². The van der Waals surface area contributed by atoms with Gasteiger partial charge in [-0.25, -0.2) is 15.0 Å². The van der Waals surface area contributed by atoms with Gasteiger partial charge in [-0.3, -0.25) is 0 Å². The SMILES string of the molecule is Cc1ccc(-c2nc(-c3ccc(N4c5ccccc5C(C)(C)c5ccccc54)cc3)nc(-c3ccc(C)c(C)c3)n2)cc1C. The summed E-state index contributed by atoms with van der Waals surface area (Å²) in [7, 11) is 0. The summed E-state index contributed by atoms with van der Waals surface area (Å²) in [6.45, 7) is 13.1. The summed E-state index contributed by atoms with van der Waals surface area (Å²) < 4.78 is 0. The van der Waals surface area contributed by atoms with E-state index in [1.807, 2.05) is 0 Å². The molecule has 0 radical (unpaired) electrons. The van der Waals surface area contributed by atoms with Crippen LogP contribution in [0.2, 0.25) is 0 Å². The molecule has 2 heterocycles. The lowest BCUT2D eigenvalue weighted by Gasteiger charge is -2.42. The van der Waals surface area contributed by atoms with E-state index in [9.17, 15) is 0 Å². The third-order valence-corrected chi connectivity index (χ3v) is 9.19. The molecule has 1 aliphatic heterocycles. The summed E-state index contributed by atoms with van der Waals surface area (Å²) in [6, 6.07) is 38.9. The van der Waals surface area contributed by atoms with E-state index in [1.54, 1.807) is 0 Å². The van der Waals surface area contributed by atoms with Crippen molar-refractivity contribution in [2.75, 3.05) is 4.90 Å². The van der Waals surface area contributed by atoms with Crippen LogP contribution in [0.1, 0.15) is 47.2 Å². The summed E-state index contributed by atoms with van der Waals surface area (Å²) in [5.41, 5.74) is 13.9. The second kappa shape index (κ2) is 10.6. The third kappa shape index (κ3) is 4.67. The number of benzene rings is 5. The molecule has 0 amide bonds. The molecule has 0 saturated carbocycles. The normalized spacial score (nSPS) is 13.4. The first-order chi connectivity index (χ1) is 21.2. The van der Waals surface area contributed by atoms with Crippen molar-refractivity contribution in [1.82, 2.24) is 15.0 Å². The average Bonchev–Trinajstić information content (AvgIpc) is 3.04. The molecule has 216 valence electrons. The van der Waals surface area contributed by atoms with Crippen LogP contribution >= 0.6 is 0 Å². The van der Waals surface area contributed by atoms with Crippen LogP contribution in [0.4, 0.5) is 17.1 Å². The van der Waals surface area contributed by atoms with Gasteiger partial charge in [-0.05, 0) is 110 Å². The zero-order valence-corrected chi connectivity index (χ0v) is 26.2. The van der Waals surface area contributed by atoms with E-state index in [2.05, 4.69) is 156 Å². The Labute approximate surface area is 260 Å². The molecule has 1 aromatic heterocycles. The maximum atomic E-state index is 5.01. The lowest BCUT2D eigenvalue weighted by atomic mass is 9.73. The number of anilines is 3. The molecule has 0 bridgehead atoms. The highest BCUT2D eigenvalue weighted by Crippen LogP contribution is 2.51. The molecular weight excluding hydrogens is 536 g/mol. The molecule has 4 heteroatoms. The molecule has 0 N–H and O–H groups in total. The number of aryl methyl sites for hydroxylation is 4. The first-order valence-corrected chi connectivity index (χ1v) is 15.2. The number of hydrogen-bond acceptors (Lipinski definition) is 4. The fourth-order valence-corrected chi connectivity index (χ4v) is 6.23. The van der Waals surface area contributed by atoms with Crippen molar-refractivity contribution >= 4 is 17.1 Å². The molecule has 6 aromatic rings. The van der Waals surface area contributed by atoms with Gasteiger partial charge >= 0.3 is 0 Å². The van der Waals surface area contributed by atoms with Crippen LogP contribution in [0.3, 0.4) is 0 Å². The van der Waals surface area contributed by atoms with E-state index in [0.717, 1.165) is 22.4 Å². The molecule has 5 aromatic carbocycles. The number of nitrogens with zero attached hydrogens (tertiary/aromatic N) is 4. The second-order valence-corrected chi connectivity index (χ2v) is 12.4. The predicted octanol–water partition coefficient (Wildman–Crippen LogP) is 10.2. The monoisotopic (exact) mass is 572 g/mol. The van der Waals surface area contributed by atoms with E-state index in [4.69, 9.17) is 15.0 Å². The van der Waals surface area contributed by atoms with Crippen LogP contribution in [0.5, 0.6) is 0 Å². The minimum absolute atomic E-state index is 0.0933. The largest absolute Gasteiger partial charge is 0.310 e. The highest BCUT2D eigenvalue weighted by molar-refractivity contribution is 5.86. The van der Waals surface area contributed by atoms with Gasteiger partial charge in [0.2, 0.25) is 0 Å². The van der Waals surface area contributed by atoms with Gasteiger partial charge in [0.1, 0.15) is 0 Å².